The first-order valence-electron chi connectivity index (χ1n) is 5.46. The molecule has 1 aromatic heterocycles. The smallest absolute Gasteiger partial charge is 0.358 e. The number of esters is 1. The van der Waals surface area contributed by atoms with Gasteiger partial charge < -0.3 is 9.47 Å². The molecule has 0 aliphatic rings. The van der Waals surface area contributed by atoms with E-state index in [1.807, 2.05) is 12.1 Å². The molecule has 0 spiro atoms. The zero-order valence-corrected chi connectivity index (χ0v) is 10.9. The van der Waals surface area contributed by atoms with Crippen LogP contribution in [0.15, 0.2) is 36.7 Å². The quantitative estimate of drug-likeness (QED) is 0.804. The average Bonchev–Trinajstić information content (AvgIpc) is 2.45. The Balaban J connectivity index is 1.98. The van der Waals surface area contributed by atoms with Gasteiger partial charge in [0.25, 0.3) is 0 Å². The summed E-state index contributed by atoms with van der Waals surface area (Å²) in [6, 6.07) is 7.32. The Labute approximate surface area is 115 Å². The average molecular weight is 279 g/mol. The molecule has 2 aromatic rings. The number of halogens is 1. The van der Waals surface area contributed by atoms with Gasteiger partial charge >= 0.3 is 5.97 Å². The molecule has 98 valence electrons. The lowest BCUT2D eigenvalue weighted by atomic mass is 10.2. The van der Waals surface area contributed by atoms with Crippen molar-refractivity contribution in [3.05, 3.63) is 52.9 Å². The van der Waals surface area contributed by atoms with Crippen LogP contribution in [0.2, 0.25) is 5.02 Å². The van der Waals surface area contributed by atoms with E-state index in [0.717, 1.165) is 5.56 Å². The molecule has 0 atom stereocenters. The number of benzene rings is 1. The zero-order chi connectivity index (χ0) is 13.7. The van der Waals surface area contributed by atoms with Crippen LogP contribution < -0.4 is 4.74 Å². The topological polar surface area (TPSA) is 61.3 Å². The van der Waals surface area contributed by atoms with E-state index in [1.165, 1.54) is 19.5 Å². The van der Waals surface area contributed by atoms with Crippen molar-refractivity contribution in [2.75, 3.05) is 7.11 Å². The molecule has 5 nitrogen and oxygen atoms in total. The van der Waals surface area contributed by atoms with Gasteiger partial charge in [-0.3, -0.25) is 0 Å². The minimum Gasteiger partial charge on any atom is -0.472 e. The number of hydrogen-bond acceptors (Lipinski definition) is 5. The lowest BCUT2D eigenvalue weighted by Gasteiger charge is -2.05. The monoisotopic (exact) mass is 278 g/mol. The first-order valence-corrected chi connectivity index (χ1v) is 5.84. The molecule has 0 saturated carbocycles. The third kappa shape index (κ3) is 3.66. The fraction of sp³-hybridized carbons (Fsp3) is 0.154. The van der Waals surface area contributed by atoms with E-state index >= 15 is 0 Å². The zero-order valence-electron chi connectivity index (χ0n) is 10.2. The second-order valence-corrected chi connectivity index (χ2v) is 4.09. The molecule has 0 fully saturated rings. The second kappa shape index (κ2) is 6.15. The molecule has 2 rings (SSSR count). The Morgan fingerprint density at radius 1 is 1.32 bits per heavy atom. The van der Waals surface area contributed by atoms with E-state index in [-0.39, 0.29) is 5.69 Å². The van der Waals surface area contributed by atoms with Gasteiger partial charge in [-0.1, -0.05) is 23.7 Å². The molecule has 1 aromatic carbocycles. The summed E-state index contributed by atoms with van der Waals surface area (Å²) in [5, 5.41) is 0.647. The number of rotatable bonds is 4. The fourth-order valence-electron chi connectivity index (χ4n) is 1.38. The highest BCUT2D eigenvalue weighted by Gasteiger charge is 2.07. The fourth-order valence-corrected chi connectivity index (χ4v) is 1.60. The number of ether oxygens (including phenoxy) is 2. The van der Waals surface area contributed by atoms with Crippen molar-refractivity contribution in [2.45, 2.75) is 6.61 Å². The molecule has 0 saturated heterocycles. The van der Waals surface area contributed by atoms with Gasteiger partial charge in [0, 0.05) is 5.02 Å². The van der Waals surface area contributed by atoms with Gasteiger partial charge in [-0.05, 0) is 17.7 Å². The standard InChI is InChI=1S/C13H11ClN2O3/c1-18-13(17)11-6-16-12(7-15-11)19-8-9-3-2-4-10(14)5-9/h2-7H,8H2,1H3. The summed E-state index contributed by atoms with van der Waals surface area (Å²) in [5.41, 5.74) is 1.06. The largest absolute Gasteiger partial charge is 0.472 e. The molecule has 0 amide bonds. The molecule has 19 heavy (non-hydrogen) atoms. The summed E-state index contributed by atoms with van der Waals surface area (Å²) in [6.07, 6.45) is 2.68. The van der Waals surface area contributed by atoms with E-state index < -0.39 is 5.97 Å². The van der Waals surface area contributed by atoms with Gasteiger partial charge in [0.05, 0.1) is 19.5 Å². The second-order valence-electron chi connectivity index (χ2n) is 3.65. The van der Waals surface area contributed by atoms with Gasteiger partial charge in [-0.15, -0.1) is 0 Å². The Hall–Kier alpha value is -2.14. The van der Waals surface area contributed by atoms with Crippen LogP contribution in [0.1, 0.15) is 16.1 Å². The van der Waals surface area contributed by atoms with Gasteiger partial charge in [-0.2, -0.15) is 0 Å². The molecule has 6 heteroatoms. The highest BCUT2D eigenvalue weighted by molar-refractivity contribution is 6.30. The van der Waals surface area contributed by atoms with E-state index in [0.29, 0.717) is 17.5 Å². The molecule has 1 heterocycles. The van der Waals surface area contributed by atoms with Crippen LogP contribution in [0.4, 0.5) is 0 Å². The van der Waals surface area contributed by atoms with E-state index in [4.69, 9.17) is 16.3 Å². The van der Waals surface area contributed by atoms with Crippen LogP contribution in [0, 0.1) is 0 Å². The van der Waals surface area contributed by atoms with Crippen LogP contribution in [0.3, 0.4) is 0 Å². The number of nitrogens with zero attached hydrogens (tertiary/aromatic N) is 2. The maximum Gasteiger partial charge on any atom is 0.358 e. The molecule has 0 aliphatic carbocycles. The summed E-state index contributed by atoms with van der Waals surface area (Å²) in [6.45, 7) is 0.326. The number of aromatic nitrogens is 2. The van der Waals surface area contributed by atoms with Crippen molar-refractivity contribution in [1.82, 2.24) is 9.97 Å². The number of hydrogen-bond donors (Lipinski definition) is 0. The van der Waals surface area contributed by atoms with E-state index in [1.54, 1.807) is 12.1 Å². The van der Waals surface area contributed by atoms with Crippen molar-refractivity contribution < 1.29 is 14.3 Å². The highest BCUT2D eigenvalue weighted by atomic mass is 35.5. The molecular formula is C13H11ClN2O3. The Kier molecular flexibility index (Phi) is 4.30. The van der Waals surface area contributed by atoms with Crippen LogP contribution in [-0.4, -0.2) is 23.0 Å². The minimum atomic E-state index is -0.533. The summed E-state index contributed by atoms with van der Waals surface area (Å²) in [5.74, 6) is -0.207. The lowest BCUT2D eigenvalue weighted by Crippen LogP contribution is -2.05. The Morgan fingerprint density at radius 2 is 2.16 bits per heavy atom. The minimum absolute atomic E-state index is 0.137. The summed E-state index contributed by atoms with van der Waals surface area (Å²) < 4.78 is 9.95. The summed E-state index contributed by atoms with van der Waals surface area (Å²) >= 11 is 5.86. The van der Waals surface area contributed by atoms with Crippen molar-refractivity contribution in [3.8, 4) is 5.88 Å². The van der Waals surface area contributed by atoms with Gasteiger partial charge in [0.1, 0.15) is 6.61 Å². The maximum absolute atomic E-state index is 11.2. The van der Waals surface area contributed by atoms with Crippen LogP contribution in [0.25, 0.3) is 0 Å². The lowest BCUT2D eigenvalue weighted by molar-refractivity contribution is 0.0593. The van der Waals surface area contributed by atoms with Crippen molar-refractivity contribution in [3.63, 3.8) is 0 Å². The maximum atomic E-state index is 11.2. The van der Waals surface area contributed by atoms with Gasteiger partial charge in [0.2, 0.25) is 5.88 Å². The van der Waals surface area contributed by atoms with Crippen molar-refractivity contribution in [1.29, 1.82) is 0 Å². The molecule has 0 bridgehead atoms. The van der Waals surface area contributed by atoms with Gasteiger partial charge in [-0.25, -0.2) is 14.8 Å². The first-order chi connectivity index (χ1) is 9.19. The summed E-state index contributed by atoms with van der Waals surface area (Å²) in [4.78, 5) is 19.0. The third-order valence-corrected chi connectivity index (χ3v) is 2.53. The molecule has 0 aliphatic heterocycles. The predicted molar refractivity (Wildman–Crippen MR) is 69.2 cm³/mol. The van der Waals surface area contributed by atoms with Crippen molar-refractivity contribution >= 4 is 17.6 Å². The van der Waals surface area contributed by atoms with E-state index in [9.17, 15) is 4.79 Å². The Bertz CT molecular complexity index is 572. The molecule has 0 unspecified atom stereocenters. The SMILES string of the molecule is COC(=O)c1cnc(OCc2cccc(Cl)c2)cn1. The predicted octanol–water partition coefficient (Wildman–Crippen LogP) is 2.50. The summed E-state index contributed by atoms with van der Waals surface area (Å²) in [7, 11) is 1.29. The Morgan fingerprint density at radius 3 is 2.79 bits per heavy atom. The van der Waals surface area contributed by atoms with Gasteiger partial charge in [0.15, 0.2) is 5.69 Å². The molecule has 0 N–H and O–H groups in total. The molecule has 0 radical (unpaired) electrons. The van der Waals surface area contributed by atoms with Crippen LogP contribution >= 0.6 is 11.6 Å². The third-order valence-electron chi connectivity index (χ3n) is 2.30. The van der Waals surface area contributed by atoms with Crippen LogP contribution in [-0.2, 0) is 11.3 Å². The highest BCUT2D eigenvalue weighted by Crippen LogP contribution is 2.13. The normalized spacial score (nSPS) is 10.0. The van der Waals surface area contributed by atoms with E-state index in [2.05, 4.69) is 14.7 Å². The van der Waals surface area contributed by atoms with Crippen molar-refractivity contribution in [2.24, 2.45) is 0 Å². The number of carbonyl (C=O) groups is 1. The number of carbonyl (C=O) groups excluding carboxylic acids is 1. The number of methoxy groups -OCH3 is 1. The molecular weight excluding hydrogens is 268 g/mol. The first kappa shape index (κ1) is 13.3. The van der Waals surface area contributed by atoms with Crippen LogP contribution in [0.5, 0.6) is 5.88 Å².